The molecular weight excluding hydrogens is 303 g/mol. The molecule has 0 aliphatic rings. The first-order valence-corrected chi connectivity index (χ1v) is 5.94. The molecule has 0 aliphatic carbocycles. The van der Waals surface area contributed by atoms with Crippen LogP contribution in [0.5, 0.6) is 0 Å². The maximum atomic E-state index is 13.7. The van der Waals surface area contributed by atoms with Gasteiger partial charge in [-0.1, -0.05) is 12.1 Å². The van der Waals surface area contributed by atoms with Crippen LogP contribution in [0.3, 0.4) is 0 Å². The van der Waals surface area contributed by atoms with Gasteiger partial charge in [0.2, 0.25) is 0 Å². The summed E-state index contributed by atoms with van der Waals surface area (Å²) in [7, 11) is 1.27. The Morgan fingerprint density at radius 2 is 2.11 bits per heavy atom. The van der Waals surface area contributed by atoms with Gasteiger partial charge in [0.1, 0.15) is 11.5 Å². The van der Waals surface area contributed by atoms with Gasteiger partial charge in [0.05, 0.1) is 17.3 Å². The van der Waals surface area contributed by atoms with Crippen LogP contribution in [0.2, 0.25) is 0 Å². The first kappa shape index (κ1) is 12.8. The monoisotopic (exact) mass is 312 g/mol. The van der Waals surface area contributed by atoms with Crippen LogP contribution in [0, 0.1) is 12.7 Å². The molecule has 1 aromatic carbocycles. The number of rotatable bonds is 2. The van der Waals surface area contributed by atoms with Gasteiger partial charge in [0.25, 0.3) is 0 Å². The zero-order chi connectivity index (χ0) is 13.3. The highest BCUT2D eigenvalue weighted by Crippen LogP contribution is 2.25. The third-order valence-electron chi connectivity index (χ3n) is 2.50. The van der Waals surface area contributed by atoms with E-state index in [1.165, 1.54) is 17.9 Å². The third-order valence-corrected chi connectivity index (χ3v) is 3.45. The van der Waals surface area contributed by atoms with Crippen LogP contribution in [-0.4, -0.2) is 22.9 Å². The van der Waals surface area contributed by atoms with Crippen molar-refractivity contribution in [1.29, 1.82) is 0 Å². The molecule has 1 aromatic heterocycles. The van der Waals surface area contributed by atoms with Gasteiger partial charge < -0.3 is 4.74 Å². The summed E-state index contributed by atoms with van der Waals surface area (Å²) in [6.07, 6.45) is 0. The van der Waals surface area contributed by atoms with E-state index in [9.17, 15) is 9.18 Å². The maximum Gasteiger partial charge on any atom is 0.359 e. The number of esters is 1. The van der Waals surface area contributed by atoms with E-state index in [1.807, 2.05) is 0 Å². The Hall–Kier alpha value is -1.69. The van der Waals surface area contributed by atoms with E-state index in [-0.39, 0.29) is 11.4 Å². The predicted octanol–water partition coefficient (Wildman–Crippen LogP) is 2.87. The first-order chi connectivity index (χ1) is 8.56. The molecule has 2 rings (SSSR count). The first-order valence-electron chi connectivity index (χ1n) is 5.14. The summed E-state index contributed by atoms with van der Waals surface area (Å²) in [6, 6.07) is 6.21. The van der Waals surface area contributed by atoms with Crippen LogP contribution in [0.4, 0.5) is 4.39 Å². The van der Waals surface area contributed by atoms with Crippen LogP contribution in [0.15, 0.2) is 28.7 Å². The van der Waals surface area contributed by atoms with E-state index in [2.05, 4.69) is 25.8 Å². The van der Waals surface area contributed by atoms with Gasteiger partial charge in [-0.05, 0) is 35.0 Å². The lowest BCUT2D eigenvalue weighted by Gasteiger charge is -2.04. The quantitative estimate of drug-likeness (QED) is 0.801. The van der Waals surface area contributed by atoms with Gasteiger partial charge in [0, 0.05) is 0 Å². The summed E-state index contributed by atoms with van der Waals surface area (Å²) in [4.78, 5) is 11.5. The molecule has 0 fully saturated rings. The minimum atomic E-state index is -0.569. The minimum Gasteiger partial charge on any atom is -0.464 e. The minimum absolute atomic E-state index is 0.123. The molecule has 0 saturated carbocycles. The molecule has 2 aromatic rings. The van der Waals surface area contributed by atoms with Crippen molar-refractivity contribution in [2.75, 3.05) is 7.11 Å². The highest BCUT2D eigenvalue weighted by molar-refractivity contribution is 9.10. The van der Waals surface area contributed by atoms with Crippen LogP contribution in [0.25, 0.3) is 5.69 Å². The fourth-order valence-electron chi connectivity index (χ4n) is 1.57. The zero-order valence-electron chi connectivity index (χ0n) is 9.78. The second kappa shape index (κ2) is 4.89. The highest BCUT2D eigenvalue weighted by Gasteiger charge is 2.21. The number of hydrogen-bond donors (Lipinski definition) is 0. The Morgan fingerprint density at radius 3 is 2.72 bits per heavy atom. The van der Waals surface area contributed by atoms with Crippen molar-refractivity contribution in [2.45, 2.75) is 6.92 Å². The molecule has 0 amide bonds. The Balaban J connectivity index is 2.60. The number of para-hydroxylation sites is 1. The number of nitrogens with zero attached hydrogens (tertiary/aromatic N) is 2. The van der Waals surface area contributed by atoms with Crippen molar-refractivity contribution in [2.24, 2.45) is 0 Å². The predicted molar refractivity (Wildman–Crippen MR) is 67.3 cm³/mol. The maximum absolute atomic E-state index is 13.7. The van der Waals surface area contributed by atoms with E-state index in [1.54, 1.807) is 25.1 Å². The van der Waals surface area contributed by atoms with Gasteiger partial charge in [0.15, 0.2) is 5.69 Å². The largest absolute Gasteiger partial charge is 0.464 e. The van der Waals surface area contributed by atoms with Gasteiger partial charge in [-0.15, -0.1) is 0 Å². The van der Waals surface area contributed by atoms with Crippen molar-refractivity contribution in [1.82, 2.24) is 9.78 Å². The number of hydrogen-bond acceptors (Lipinski definition) is 3. The SMILES string of the molecule is COC(=O)c1nn(-c2ccccc2F)c(C)c1Br. The van der Waals surface area contributed by atoms with Crippen molar-refractivity contribution in [3.05, 3.63) is 45.9 Å². The standard InChI is InChI=1S/C12H10BrFN2O2/c1-7-10(13)11(12(17)18-2)15-16(7)9-6-4-3-5-8(9)14/h3-6H,1-2H3. The van der Waals surface area contributed by atoms with Crippen LogP contribution in [0.1, 0.15) is 16.2 Å². The van der Waals surface area contributed by atoms with Gasteiger partial charge in [-0.3, -0.25) is 0 Å². The molecule has 6 heteroatoms. The molecule has 0 aliphatic heterocycles. The Kier molecular flexibility index (Phi) is 3.47. The van der Waals surface area contributed by atoms with Crippen molar-refractivity contribution < 1.29 is 13.9 Å². The molecular formula is C12H10BrFN2O2. The highest BCUT2D eigenvalue weighted by atomic mass is 79.9. The molecule has 0 radical (unpaired) electrons. The van der Waals surface area contributed by atoms with Crippen LogP contribution >= 0.6 is 15.9 Å². The number of methoxy groups -OCH3 is 1. The van der Waals surface area contributed by atoms with Gasteiger partial charge >= 0.3 is 5.97 Å². The normalized spacial score (nSPS) is 10.4. The van der Waals surface area contributed by atoms with Crippen molar-refractivity contribution in [3.8, 4) is 5.69 Å². The molecule has 0 unspecified atom stereocenters. The number of ether oxygens (including phenoxy) is 1. The summed E-state index contributed by atoms with van der Waals surface area (Å²) in [5.74, 6) is -0.980. The Bertz CT molecular complexity index is 610. The second-order valence-electron chi connectivity index (χ2n) is 3.60. The molecule has 94 valence electrons. The van der Waals surface area contributed by atoms with E-state index in [4.69, 9.17) is 0 Å². The Labute approximate surface area is 111 Å². The smallest absolute Gasteiger partial charge is 0.359 e. The lowest BCUT2D eigenvalue weighted by Crippen LogP contribution is -2.05. The topological polar surface area (TPSA) is 44.1 Å². The van der Waals surface area contributed by atoms with Crippen molar-refractivity contribution >= 4 is 21.9 Å². The summed E-state index contributed by atoms with van der Waals surface area (Å²) >= 11 is 3.26. The fraction of sp³-hybridized carbons (Fsp3) is 0.167. The van der Waals surface area contributed by atoms with Gasteiger partial charge in [-0.25, -0.2) is 13.9 Å². The molecule has 4 nitrogen and oxygen atoms in total. The lowest BCUT2D eigenvalue weighted by atomic mass is 10.3. The third kappa shape index (κ3) is 2.03. The summed E-state index contributed by atoms with van der Waals surface area (Å²) in [5, 5.41) is 4.07. The fourth-order valence-corrected chi connectivity index (χ4v) is 1.98. The number of halogens is 2. The van der Waals surface area contributed by atoms with Crippen LogP contribution in [-0.2, 0) is 4.74 Å². The van der Waals surface area contributed by atoms with E-state index in [0.29, 0.717) is 10.2 Å². The molecule has 0 spiro atoms. The second-order valence-corrected chi connectivity index (χ2v) is 4.40. The van der Waals surface area contributed by atoms with Crippen molar-refractivity contribution in [3.63, 3.8) is 0 Å². The molecule has 0 N–H and O–H groups in total. The average molecular weight is 313 g/mol. The number of carbonyl (C=O) groups excluding carboxylic acids is 1. The molecule has 0 bridgehead atoms. The molecule has 18 heavy (non-hydrogen) atoms. The number of benzene rings is 1. The molecule has 0 saturated heterocycles. The lowest BCUT2D eigenvalue weighted by molar-refractivity contribution is 0.0592. The average Bonchev–Trinajstić information content (AvgIpc) is 2.67. The molecule has 1 heterocycles. The zero-order valence-corrected chi connectivity index (χ0v) is 11.4. The number of carbonyl (C=O) groups is 1. The van der Waals surface area contributed by atoms with E-state index in [0.717, 1.165) is 0 Å². The summed E-state index contributed by atoms with van der Waals surface area (Å²) in [6.45, 7) is 1.73. The van der Waals surface area contributed by atoms with E-state index >= 15 is 0 Å². The summed E-state index contributed by atoms with van der Waals surface area (Å²) in [5.41, 5.74) is 1.03. The van der Waals surface area contributed by atoms with Crippen LogP contribution < -0.4 is 0 Å². The molecule has 0 atom stereocenters. The Morgan fingerprint density at radius 1 is 1.44 bits per heavy atom. The summed E-state index contributed by atoms with van der Waals surface area (Å²) < 4.78 is 20.2. The van der Waals surface area contributed by atoms with E-state index < -0.39 is 11.8 Å². The van der Waals surface area contributed by atoms with Gasteiger partial charge in [-0.2, -0.15) is 5.10 Å². The number of aromatic nitrogens is 2.